The Balaban J connectivity index is 1.34. The van der Waals surface area contributed by atoms with Crippen molar-refractivity contribution in [1.29, 1.82) is 0 Å². The summed E-state index contributed by atoms with van der Waals surface area (Å²) in [4.78, 5) is 18.7. The van der Waals surface area contributed by atoms with Crippen LogP contribution in [0.2, 0.25) is 5.15 Å². The molecule has 8 heteroatoms. The van der Waals surface area contributed by atoms with Crippen molar-refractivity contribution in [1.82, 2.24) is 15.2 Å². The standard InChI is InChI=1S/C18H22ClF2N3O2/c19-15-7-11-8-26-9-14(11)16(23-15)17(25)22-12-1-3-13(4-2-12)24-6-5-18(20,21)10-24/h7,12-13H,1-6,8-10H2,(H,22,25)/t12-,13-. The van der Waals surface area contributed by atoms with Gasteiger partial charge < -0.3 is 10.1 Å². The SMILES string of the molecule is O=C(N[C@H]1CC[C@H](N2CCC(F)(F)C2)CC1)c1nc(Cl)cc2c1COC2. The van der Waals surface area contributed by atoms with Gasteiger partial charge in [0.05, 0.1) is 19.8 Å². The van der Waals surface area contributed by atoms with Gasteiger partial charge in [-0.1, -0.05) is 11.6 Å². The van der Waals surface area contributed by atoms with Crippen LogP contribution in [0, 0.1) is 0 Å². The number of carbonyl (C=O) groups is 1. The van der Waals surface area contributed by atoms with E-state index >= 15 is 0 Å². The van der Waals surface area contributed by atoms with Crippen molar-refractivity contribution in [2.45, 2.75) is 63.3 Å². The van der Waals surface area contributed by atoms with E-state index in [1.165, 1.54) is 0 Å². The molecule has 2 aliphatic heterocycles. The number of alkyl halides is 2. The zero-order chi connectivity index (χ0) is 18.3. The Kier molecular flexibility index (Phi) is 4.88. The molecular formula is C18H22ClF2N3O2. The molecule has 0 unspecified atom stereocenters. The fourth-order valence-corrected chi connectivity index (χ4v) is 4.46. The minimum absolute atomic E-state index is 0.0422. The molecule has 1 saturated heterocycles. The number of carbonyl (C=O) groups excluding carboxylic acids is 1. The van der Waals surface area contributed by atoms with E-state index in [1.807, 2.05) is 4.90 Å². The van der Waals surface area contributed by atoms with Gasteiger partial charge >= 0.3 is 0 Å². The fraction of sp³-hybridized carbons (Fsp3) is 0.667. The molecule has 26 heavy (non-hydrogen) atoms. The van der Waals surface area contributed by atoms with Crippen LogP contribution >= 0.6 is 11.6 Å². The average molecular weight is 386 g/mol. The maximum atomic E-state index is 13.4. The van der Waals surface area contributed by atoms with Crippen LogP contribution in [-0.2, 0) is 18.0 Å². The van der Waals surface area contributed by atoms with Gasteiger partial charge in [-0.05, 0) is 37.3 Å². The third-order valence-electron chi connectivity index (χ3n) is 5.65. The van der Waals surface area contributed by atoms with E-state index < -0.39 is 5.92 Å². The van der Waals surface area contributed by atoms with E-state index in [0.29, 0.717) is 25.5 Å². The van der Waals surface area contributed by atoms with Gasteiger partial charge in [-0.3, -0.25) is 9.69 Å². The molecule has 0 atom stereocenters. The first kappa shape index (κ1) is 18.1. The minimum atomic E-state index is -2.55. The number of nitrogens with zero attached hydrogens (tertiary/aromatic N) is 2. The number of halogens is 3. The van der Waals surface area contributed by atoms with Crippen LogP contribution in [0.1, 0.15) is 53.7 Å². The third-order valence-corrected chi connectivity index (χ3v) is 5.85. The van der Waals surface area contributed by atoms with E-state index in [-0.39, 0.29) is 36.1 Å². The summed E-state index contributed by atoms with van der Waals surface area (Å²) in [5.74, 6) is -2.78. The molecule has 3 heterocycles. The second-order valence-corrected chi connectivity index (χ2v) is 7.87. The van der Waals surface area contributed by atoms with Crippen molar-refractivity contribution in [3.05, 3.63) is 28.0 Å². The van der Waals surface area contributed by atoms with Crippen molar-refractivity contribution in [2.24, 2.45) is 0 Å². The monoisotopic (exact) mass is 385 g/mol. The summed E-state index contributed by atoms with van der Waals surface area (Å²) in [5, 5.41) is 3.33. The number of rotatable bonds is 3. The van der Waals surface area contributed by atoms with Gasteiger partial charge in [0, 0.05) is 30.6 Å². The first-order valence-electron chi connectivity index (χ1n) is 9.10. The van der Waals surface area contributed by atoms with E-state index in [4.69, 9.17) is 16.3 Å². The zero-order valence-corrected chi connectivity index (χ0v) is 15.2. The van der Waals surface area contributed by atoms with Gasteiger partial charge in [-0.2, -0.15) is 0 Å². The molecule has 142 valence electrons. The molecule has 5 nitrogen and oxygen atoms in total. The number of hydrogen-bond donors (Lipinski definition) is 1. The second kappa shape index (κ2) is 7.02. The van der Waals surface area contributed by atoms with Crippen molar-refractivity contribution in [3.63, 3.8) is 0 Å². The van der Waals surface area contributed by atoms with Crippen LogP contribution in [0.25, 0.3) is 0 Å². The Morgan fingerprint density at radius 1 is 1.31 bits per heavy atom. The van der Waals surface area contributed by atoms with Crippen LogP contribution in [-0.4, -0.2) is 46.9 Å². The van der Waals surface area contributed by atoms with Gasteiger partial charge in [0.15, 0.2) is 0 Å². The molecule has 0 spiro atoms. The number of aromatic nitrogens is 1. The molecule has 1 amide bonds. The molecule has 1 aromatic rings. The average Bonchev–Trinajstić information content (AvgIpc) is 3.20. The zero-order valence-electron chi connectivity index (χ0n) is 14.4. The van der Waals surface area contributed by atoms with Crippen molar-refractivity contribution in [2.75, 3.05) is 13.1 Å². The highest BCUT2D eigenvalue weighted by Crippen LogP contribution is 2.33. The molecule has 0 bridgehead atoms. The predicted molar refractivity (Wildman–Crippen MR) is 92.4 cm³/mol. The number of fused-ring (bicyclic) bond motifs is 1. The Morgan fingerprint density at radius 2 is 2.08 bits per heavy atom. The Hall–Kier alpha value is -1.31. The van der Waals surface area contributed by atoms with Crippen LogP contribution < -0.4 is 5.32 Å². The largest absolute Gasteiger partial charge is 0.372 e. The van der Waals surface area contributed by atoms with Crippen molar-refractivity contribution < 1.29 is 18.3 Å². The molecule has 2 fully saturated rings. The highest BCUT2D eigenvalue weighted by atomic mass is 35.5. The molecule has 1 saturated carbocycles. The highest BCUT2D eigenvalue weighted by Gasteiger charge is 2.41. The van der Waals surface area contributed by atoms with Gasteiger partial charge in [0.25, 0.3) is 11.8 Å². The smallest absolute Gasteiger partial charge is 0.270 e. The summed E-state index contributed by atoms with van der Waals surface area (Å²) in [5.41, 5.74) is 2.06. The Morgan fingerprint density at radius 3 is 2.77 bits per heavy atom. The lowest BCUT2D eigenvalue weighted by Gasteiger charge is -2.34. The number of hydrogen-bond acceptors (Lipinski definition) is 4. The van der Waals surface area contributed by atoms with Gasteiger partial charge in [0.2, 0.25) is 0 Å². The lowest BCUT2D eigenvalue weighted by atomic mass is 9.90. The van der Waals surface area contributed by atoms with Crippen LogP contribution in [0.3, 0.4) is 0 Å². The lowest BCUT2D eigenvalue weighted by Crippen LogP contribution is -2.44. The number of amides is 1. The summed E-state index contributed by atoms with van der Waals surface area (Å²) < 4.78 is 32.2. The number of nitrogens with one attached hydrogen (secondary N) is 1. The second-order valence-electron chi connectivity index (χ2n) is 7.48. The van der Waals surface area contributed by atoms with Crippen molar-refractivity contribution >= 4 is 17.5 Å². The van der Waals surface area contributed by atoms with E-state index in [1.54, 1.807) is 6.07 Å². The normalized spacial score (nSPS) is 28.1. The highest BCUT2D eigenvalue weighted by molar-refractivity contribution is 6.29. The van der Waals surface area contributed by atoms with Crippen LogP contribution in [0.4, 0.5) is 8.78 Å². The summed E-state index contributed by atoms with van der Waals surface area (Å²) in [6.45, 7) is 1.15. The molecule has 1 aromatic heterocycles. The van der Waals surface area contributed by atoms with E-state index in [2.05, 4.69) is 10.3 Å². The lowest BCUT2D eigenvalue weighted by molar-refractivity contribution is 0.00504. The van der Waals surface area contributed by atoms with E-state index in [9.17, 15) is 13.6 Å². The van der Waals surface area contributed by atoms with Gasteiger partial charge in [-0.25, -0.2) is 13.8 Å². The Labute approximate surface area is 156 Å². The fourth-order valence-electron chi connectivity index (χ4n) is 4.24. The summed E-state index contributed by atoms with van der Waals surface area (Å²) in [7, 11) is 0. The Bertz CT molecular complexity index is 708. The summed E-state index contributed by atoms with van der Waals surface area (Å²) >= 11 is 6.02. The molecular weight excluding hydrogens is 364 g/mol. The maximum absolute atomic E-state index is 13.4. The van der Waals surface area contributed by atoms with Gasteiger partial charge in [-0.15, -0.1) is 0 Å². The van der Waals surface area contributed by atoms with Crippen LogP contribution in [0.15, 0.2) is 6.07 Å². The number of likely N-dealkylation sites (tertiary alicyclic amines) is 1. The molecule has 0 radical (unpaired) electrons. The summed E-state index contributed by atoms with van der Waals surface area (Å²) in [6, 6.07) is 1.97. The van der Waals surface area contributed by atoms with E-state index in [0.717, 1.165) is 36.8 Å². The number of ether oxygens (including phenoxy) is 1. The van der Waals surface area contributed by atoms with Crippen LogP contribution in [0.5, 0.6) is 0 Å². The number of pyridine rings is 1. The minimum Gasteiger partial charge on any atom is -0.372 e. The molecule has 3 aliphatic rings. The predicted octanol–water partition coefficient (Wildman–Crippen LogP) is 3.15. The molecule has 4 rings (SSSR count). The molecule has 0 aromatic carbocycles. The van der Waals surface area contributed by atoms with Gasteiger partial charge in [0.1, 0.15) is 10.8 Å². The maximum Gasteiger partial charge on any atom is 0.270 e. The quantitative estimate of drug-likeness (QED) is 0.812. The first-order valence-corrected chi connectivity index (χ1v) is 9.48. The molecule has 1 aliphatic carbocycles. The topological polar surface area (TPSA) is 54.5 Å². The third kappa shape index (κ3) is 3.70. The summed E-state index contributed by atoms with van der Waals surface area (Å²) in [6.07, 6.45) is 3.18. The van der Waals surface area contributed by atoms with Crippen molar-refractivity contribution in [3.8, 4) is 0 Å². The molecule has 1 N–H and O–H groups in total. The first-order chi connectivity index (χ1) is 12.4.